The van der Waals surface area contributed by atoms with Gasteiger partial charge in [-0.05, 0) is 61.5 Å². The van der Waals surface area contributed by atoms with Crippen LogP contribution in [0.3, 0.4) is 0 Å². The van der Waals surface area contributed by atoms with Gasteiger partial charge in [0.1, 0.15) is 0 Å². The number of aromatic nitrogens is 1. The lowest BCUT2D eigenvalue weighted by atomic mass is 9.59. The van der Waals surface area contributed by atoms with Gasteiger partial charge < -0.3 is 14.6 Å². The molecule has 4 aliphatic rings. The molecule has 2 fully saturated rings. The van der Waals surface area contributed by atoms with Gasteiger partial charge in [-0.3, -0.25) is 9.78 Å². The highest BCUT2D eigenvalue weighted by molar-refractivity contribution is 5.89. The average Bonchev–Trinajstić information content (AvgIpc) is 2.72. The fourth-order valence-electron chi connectivity index (χ4n) is 5.68. The second-order valence-corrected chi connectivity index (χ2v) is 8.96. The lowest BCUT2D eigenvalue weighted by Crippen LogP contribution is -2.38. The van der Waals surface area contributed by atoms with E-state index in [2.05, 4.69) is 6.08 Å². The minimum absolute atomic E-state index is 0.219. The molecule has 1 aromatic rings. The zero-order valence-electron chi connectivity index (χ0n) is 16.4. The van der Waals surface area contributed by atoms with Crippen molar-refractivity contribution in [2.24, 2.45) is 5.41 Å². The van der Waals surface area contributed by atoms with E-state index in [9.17, 15) is 9.90 Å². The molecule has 0 bridgehead atoms. The standard InChI is InChI=1S/C23H29NO4/c25-14-17-20(15-2-8-27-9-3-15)21-18(12-23(6-1-7-23)13-19(21)26)24-22(17)16-4-10-28-11-5-16/h2,14,16,19,26H,1,3-13H2/t19-/m0/s1. The van der Waals surface area contributed by atoms with Gasteiger partial charge in [0.05, 0.1) is 25.0 Å². The van der Waals surface area contributed by atoms with Crippen molar-refractivity contribution in [3.05, 3.63) is 34.2 Å². The first-order valence-corrected chi connectivity index (χ1v) is 10.8. The third-order valence-corrected chi connectivity index (χ3v) is 7.31. The maximum atomic E-state index is 12.3. The van der Waals surface area contributed by atoms with Crippen LogP contribution in [0.4, 0.5) is 0 Å². The summed E-state index contributed by atoms with van der Waals surface area (Å²) in [5.41, 5.74) is 5.91. The van der Waals surface area contributed by atoms with Crippen molar-refractivity contribution in [2.45, 2.75) is 63.4 Å². The lowest BCUT2D eigenvalue weighted by Gasteiger charge is -2.47. The Labute approximate surface area is 166 Å². The van der Waals surface area contributed by atoms with Gasteiger partial charge in [0, 0.05) is 36.0 Å². The number of aliphatic hydroxyl groups excluding tert-OH is 1. The Morgan fingerprint density at radius 1 is 1.18 bits per heavy atom. The van der Waals surface area contributed by atoms with Crippen LogP contribution in [0.1, 0.15) is 89.8 Å². The van der Waals surface area contributed by atoms with Crippen LogP contribution < -0.4 is 0 Å². The molecule has 1 saturated carbocycles. The molecular formula is C23H29NO4. The van der Waals surface area contributed by atoms with Crippen molar-refractivity contribution in [2.75, 3.05) is 26.4 Å². The second-order valence-electron chi connectivity index (χ2n) is 8.96. The summed E-state index contributed by atoms with van der Waals surface area (Å²) in [6, 6.07) is 0. The zero-order chi connectivity index (χ0) is 19.1. The van der Waals surface area contributed by atoms with Crippen molar-refractivity contribution >= 4 is 11.9 Å². The topological polar surface area (TPSA) is 68.7 Å². The molecule has 150 valence electrons. The van der Waals surface area contributed by atoms with Crippen molar-refractivity contribution in [3.63, 3.8) is 0 Å². The summed E-state index contributed by atoms with van der Waals surface area (Å²) in [7, 11) is 0. The fraction of sp³-hybridized carbons (Fsp3) is 0.652. The van der Waals surface area contributed by atoms with Gasteiger partial charge in [-0.2, -0.15) is 0 Å². The fourth-order valence-corrected chi connectivity index (χ4v) is 5.68. The molecule has 0 radical (unpaired) electrons. The molecule has 0 aromatic carbocycles. The van der Waals surface area contributed by atoms with Gasteiger partial charge in [0.25, 0.3) is 0 Å². The average molecular weight is 383 g/mol. The van der Waals surface area contributed by atoms with Gasteiger partial charge in [0.15, 0.2) is 6.29 Å². The van der Waals surface area contributed by atoms with Gasteiger partial charge >= 0.3 is 0 Å². The summed E-state index contributed by atoms with van der Waals surface area (Å²) in [6.07, 6.45) is 10.5. The van der Waals surface area contributed by atoms with E-state index in [1.54, 1.807) is 0 Å². The molecule has 0 unspecified atom stereocenters. The Morgan fingerprint density at radius 3 is 2.64 bits per heavy atom. The minimum Gasteiger partial charge on any atom is -0.388 e. The van der Waals surface area contributed by atoms with Crippen molar-refractivity contribution in [1.82, 2.24) is 4.98 Å². The number of pyridine rings is 1. The minimum atomic E-state index is -0.530. The number of carbonyl (C=O) groups excluding carboxylic acids is 1. The highest BCUT2D eigenvalue weighted by Crippen LogP contribution is 2.54. The molecule has 5 heteroatoms. The quantitative estimate of drug-likeness (QED) is 0.805. The molecule has 0 amide bonds. The van der Waals surface area contributed by atoms with Crippen LogP contribution in [0.2, 0.25) is 0 Å². The number of aliphatic hydroxyl groups is 1. The maximum absolute atomic E-state index is 12.3. The predicted octanol–water partition coefficient (Wildman–Crippen LogP) is 3.74. The number of carbonyl (C=O) groups is 1. The number of hydrogen-bond acceptors (Lipinski definition) is 5. The number of nitrogens with zero attached hydrogens (tertiary/aromatic N) is 1. The first-order valence-electron chi connectivity index (χ1n) is 10.8. The molecule has 5 nitrogen and oxygen atoms in total. The van der Waals surface area contributed by atoms with E-state index < -0.39 is 6.10 Å². The lowest BCUT2D eigenvalue weighted by molar-refractivity contribution is 0.0239. The van der Waals surface area contributed by atoms with Gasteiger partial charge in [0.2, 0.25) is 0 Å². The monoisotopic (exact) mass is 383 g/mol. The van der Waals surface area contributed by atoms with Crippen LogP contribution in [0.25, 0.3) is 5.57 Å². The van der Waals surface area contributed by atoms with E-state index in [1.807, 2.05) is 0 Å². The summed E-state index contributed by atoms with van der Waals surface area (Å²) < 4.78 is 11.1. The van der Waals surface area contributed by atoms with Gasteiger partial charge in [-0.1, -0.05) is 12.5 Å². The highest BCUT2D eigenvalue weighted by atomic mass is 16.5. The molecule has 1 N–H and O–H groups in total. The number of rotatable bonds is 3. The predicted molar refractivity (Wildman–Crippen MR) is 105 cm³/mol. The molecule has 1 aromatic heterocycles. The molecule has 5 rings (SSSR count). The molecule has 1 spiro atoms. The van der Waals surface area contributed by atoms with E-state index in [0.717, 1.165) is 79.7 Å². The van der Waals surface area contributed by atoms with Gasteiger partial charge in [-0.25, -0.2) is 0 Å². The first-order chi connectivity index (χ1) is 13.7. The maximum Gasteiger partial charge on any atom is 0.152 e. The Balaban J connectivity index is 1.69. The van der Waals surface area contributed by atoms with E-state index in [-0.39, 0.29) is 11.3 Å². The van der Waals surface area contributed by atoms with E-state index in [4.69, 9.17) is 14.5 Å². The second kappa shape index (κ2) is 7.36. The summed E-state index contributed by atoms with van der Waals surface area (Å²) in [6.45, 7) is 2.67. The zero-order valence-corrected chi connectivity index (χ0v) is 16.4. The van der Waals surface area contributed by atoms with Crippen molar-refractivity contribution < 1.29 is 19.4 Å². The van der Waals surface area contributed by atoms with Crippen molar-refractivity contribution in [1.29, 1.82) is 0 Å². The Kier molecular flexibility index (Phi) is 4.85. The first kappa shape index (κ1) is 18.5. The Bertz CT molecular complexity index is 805. The van der Waals surface area contributed by atoms with E-state index in [0.29, 0.717) is 18.8 Å². The third kappa shape index (κ3) is 3.04. The van der Waals surface area contributed by atoms with Crippen LogP contribution in [-0.4, -0.2) is 42.8 Å². The normalized spacial score (nSPS) is 27.0. The molecular weight excluding hydrogens is 354 g/mol. The van der Waals surface area contributed by atoms with Crippen LogP contribution in [0.15, 0.2) is 6.08 Å². The number of fused-ring (bicyclic) bond motifs is 1. The number of aldehydes is 1. The Hall–Kier alpha value is -1.56. The molecule has 3 heterocycles. The molecule has 1 atom stereocenters. The van der Waals surface area contributed by atoms with Crippen molar-refractivity contribution in [3.8, 4) is 0 Å². The smallest absolute Gasteiger partial charge is 0.152 e. The van der Waals surface area contributed by atoms with Crippen LogP contribution in [0, 0.1) is 5.41 Å². The van der Waals surface area contributed by atoms with Crippen LogP contribution in [-0.2, 0) is 15.9 Å². The van der Waals surface area contributed by atoms with Crippen LogP contribution >= 0.6 is 0 Å². The van der Waals surface area contributed by atoms with E-state index >= 15 is 0 Å². The number of hydrogen-bond donors (Lipinski definition) is 1. The van der Waals surface area contributed by atoms with E-state index in [1.165, 1.54) is 19.3 Å². The third-order valence-electron chi connectivity index (χ3n) is 7.31. The molecule has 1 saturated heterocycles. The molecule has 2 aliphatic carbocycles. The molecule has 2 aliphatic heterocycles. The SMILES string of the molecule is O=Cc1c(C2CCOCC2)nc2c(c1C1=CCOCC1)[C@@H](O)CC1(CCC1)C2. The highest BCUT2D eigenvalue weighted by Gasteiger charge is 2.45. The van der Waals surface area contributed by atoms with Crippen LogP contribution in [0.5, 0.6) is 0 Å². The molecule has 28 heavy (non-hydrogen) atoms. The largest absolute Gasteiger partial charge is 0.388 e. The summed E-state index contributed by atoms with van der Waals surface area (Å²) in [4.78, 5) is 17.4. The number of ether oxygens (including phenoxy) is 2. The Morgan fingerprint density at radius 2 is 2.00 bits per heavy atom. The summed E-state index contributed by atoms with van der Waals surface area (Å²) >= 11 is 0. The summed E-state index contributed by atoms with van der Waals surface area (Å²) in [5, 5.41) is 11.2. The summed E-state index contributed by atoms with van der Waals surface area (Å²) in [5.74, 6) is 0.259. The van der Waals surface area contributed by atoms with Gasteiger partial charge in [-0.15, -0.1) is 0 Å².